The first-order valence-corrected chi connectivity index (χ1v) is 16.1. The van der Waals surface area contributed by atoms with Crippen LogP contribution in [-0.4, -0.2) is 89.8 Å². The van der Waals surface area contributed by atoms with Gasteiger partial charge in [-0.2, -0.15) is 5.26 Å². The van der Waals surface area contributed by atoms with E-state index in [2.05, 4.69) is 6.92 Å². The van der Waals surface area contributed by atoms with Crippen LogP contribution >= 0.6 is 0 Å². The zero-order valence-corrected chi connectivity index (χ0v) is 30.1. The molecule has 0 radical (unpaired) electrons. The van der Waals surface area contributed by atoms with E-state index >= 15 is 0 Å². The smallest absolute Gasteiger partial charge is 0.877 e. The Labute approximate surface area is 301 Å². The number of carbonyl (C=O) groups excluding carboxylic acids is 1. The number of unbranched alkanes of at least 4 members (excludes halogenated alkanes) is 1. The second kappa shape index (κ2) is 27.1. The minimum atomic E-state index is -0.813. The van der Waals surface area contributed by atoms with E-state index in [9.17, 15) is 9.90 Å². The summed E-state index contributed by atoms with van der Waals surface area (Å²) < 4.78 is 40.4. The average molecular weight is 636 g/mol. The van der Waals surface area contributed by atoms with E-state index in [0.717, 1.165) is 51.4 Å². The van der Waals surface area contributed by atoms with Crippen LogP contribution in [0.1, 0.15) is 90.9 Å². The maximum Gasteiger partial charge on any atom is 1.00 e. The van der Waals surface area contributed by atoms with Gasteiger partial charge in [-0.1, -0.05) is 58.8 Å². The van der Waals surface area contributed by atoms with Gasteiger partial charge in [0, 0.05) is 0 Å². The number of carbonyl (C=O) groups is 1. The molecule has 0 aromatic carbocycles. The Morgan fingerprint density at radius 2 is 1.23 bits per heavy atom. The molecule has 3 fully saturated rings. The fraction of sp³-hybridized carbons (Fsp3) is 0.875. The molecule has 3 rings (SSSR count). The van der Waals surface area contributed by atoms with Crippen LogP contribution in [-0.2, 0) is 38.0 Å². The summed E-state index contributed by atoms with van der Waals surface area (Å²) >= 11 is 0. The molecule has 1 heterocycles. The van der Waals surface area contributed by atoms with E-state index < -0.39 is 11.5 Å². The minimum Gasteiger partial charge on any atom is -0.877 e. The molecule has 0 aromatic rings. The predicted molar refractivity (Wildman–Crippen MR) is 155 cm³/mol. The fourth-order valence-corrected chi connectivity index (χ4v) is 5.42. The molecule has 0 aromatic heterocycles. The molecule has 5 atom stereocenters. The third-order valence-electron chi connectivity index (χ3n) is 7.97. The maximum atomic E-state index is 11.2. The molecule has 242 valence electrons. The second-order valence-corrected chi connectivity index (χ2v) is 11.1. The summed E-state index contributed by atoms with van der Waals surface area (Å²) in [7, 11) is 0. The van der Waals surface area contributed by atoms with Crippen molar-refractivity contribution in [3.63, 3.8) is 0 Å². The molecule has 0 bridgehead atoms. The number of hydrogen-bond acceptors (Lipinski definition) is 10. The number of hydrogen-bond donors (Lipinski definition) is 0. The van der Waals surface area contributed by atoms with Crippen LogP contribution in [0.5, 0.6) is 0 Å². The molecule has 43 heavy (non-hydrogen) atoms. The second-order valence-electron chi connectivity index (χ2n) is 11.1. The Hall–Kier alpha value is -0.104. The van der Waals surface area contributed by atoms with Crippen LogP contribution in [0, 0.1) is 17.2 Å². The van der Waals surface area contributed by atoms with E-state index in [4.69, 9.17) is 38.4 Å². The van der Waals surface area contributed by atoms with Gasteiger partial charge in [-0.05, 0) is 38.0 Å². The third-order valence-corrected chi connectivity index (χ3v) is 7.97. The molecule has 0 amide bonds. The first kappa shape index (κ1) is 40.9. The van der Waals surface area contributed by atoms with E-state index in [1.807, 2.05) is 6.92 Å². The molecule has 5 unspecified atom stereocenters. The van der Waals surface area contributed by atoms with Crippen molar-refractivity contribution in [2.24, 2.45) is 5.92 Å². The molecule has 2 saturated carbocycles. The molecule has 11 heteroatoms. The van der Waals surface area contributed by atoms with Crippen LogP contribution in [0.4, 0.5) is 0 Å². The summed E-state index contributed by atoms with van der Waals surface area (Å²) in [6.45, 7) is 9.35. The summed E-state index contributed by atoms with van der Waals surface area (Å²) in [6.07, 6.45) is 14.3. The number of nitriles is 1. The van der Waals surface area contributed by atoms with Crippen LogP contribution in [0.2, 0.25) is 0 Å². The quantitative estimate of drug-likeness (QED) is 0.133. The minimum absolute atomic E-state index is 0. The van der Waals surface area contributed by atoms with Crippen molar-refractivity contribution in [2.75, 3.05) is 59.5 Å². The van der Waals surface area contributed by atoms with Gasteiger partial charge in [0.15, 0.2) is 0 Å². The Bertz CT molecular complexity index is 712. The van der Waals surface area contributed by atoms with E-state index in [1.54, 1.807) is 0 Å². The summed E-state index contributed by atoms with van der Waals surface area (Å²) in [5.74, 6) is -0.497. The fourth-order valence-electron chi connectivity index (χ4n) is 5.42. The molecule has 0 spiro atoms. The average Bonchev–Trinajstić information content (AvgIpc) is 3.02. The Kier molecular flexibility index (Phi) is 25.7. The van der Waals surface area contributed by atoms with Gasteiger partial charge < -0.3 is 38.3 Å². The molecule has 3 aliphatic rings. The zero-order valence-electron chi connectivity index (χ0n) is 26.9. The van der Waals surface area contributed by atoms with Gasteiger partial charge >= 0.3 is 57.4 Å². The first-order chi connectivity index (χ1) is 20.6. The van der Waals surface area contributed by atoms with Gasteiger partial charge in [0.05, 0.1) is 83.9 Å². The van der Waals surface area contributed by atoms with E-state index in [1.165, 1.54) is 31.8 Å². The number of fused-ring (bicyclic) bond motifs is 2. The maximum absolute atomic E-state index is 11.2. The summed E-state index contributed by atoms with van der Waals surface area (Å²) in [6, 6.07) is 1.51. The van der Waals surface area contributed by atoms with E-state index in [0.29, 0.717) is 58.8 Å². The Morgan fingerprint density at radius 1 is 0.814 bits per heavy atom. The van der Waals surface area contributed by atoms with Gasteiger partial charge in [0.25, 0.3) is 0 Å². The van der Waals surface area contributed by atoms with Crippen molar-refractivity contribution in [1.82, 2.24) is 0 Å². The van der Waals surface area contributed by atoms with Gasteiger partial charge in [0.2, 0.25) is 0 Å². The third kappa shape index (κ3) is 18.0. The van der Waals surface area contributed by atoms with Gasteiger partial charge in [0.1, 0.15) is 11.6 Å². The van der Waals surface area contributed by atoms with Crippen LogP contribution < -0.4 is 56.5 Å². The van der Waals surface area contributed by atoms with E-state index in [-0.39, 0.29) is 88.7 Å². The summed E-state index contributed by atoms with van der Waals surface area (Å²) in [4.78, 5) is 11.2. The SMILES string of the molecule is C1CCC2OCCOCCOC3CCCCC3OCCOCCOC2C1.CCCCC(CC)COC(=O)/C(C#N)=C\[O-].[K+]. The van der Waals surface area contributed by atoms with Crippen molar-refractivity contribution < 1.29 is 94.4 Å². The molecule has 10 nitrogen and oxygen atoms in total. The topological polar surface area (TPSA) is 129 Å². The summed E-state index contributed by atoms with van der Waals surface area (Å²) in [5.41, 5.74) is -0.467. The molecular formula is C32H54KNO9. The molecular weight excluding hydrogens is 581 g/mol. The number of nitrogens with zero attached hydrogens (tertiary/aromatic N) is 1. The van der Waals surface area contributed by atoms with Gasteiger partial charge in [-0.25, -0.2) is 4.79 Å². The number of rotatable bonds is 7. The molecule has 1 aliphatic heterocycles. The Balaban J connectivity index is 0.000000474. The molecule has 0 N–H and O–H groups in total. The van der Waals surface area contributed by atoms with Gasteiger partial charge in [-0.15, -0.1) is 6.26 Å². The molecule has 1 saturated heterocycles. The standard InChI is InChI=1S/C20H36O6.C12H19NO3.K/c1-2-6-18-17(5-1)23-13-9-21-11-15-25-19-7-3-4-8-20(19)26-16-12-22-10-14-24-18;1-3-5-6-10(4-2)9-16-12(15)11(7-13)8-14;/h17-20H,1-16H2;8,10,14H,3-6,9H2,1-2H3;/q;;+1/p-1/b;11-8-;. The summed E-state index contributed by atoms with van der Waals surface area (Å²) in [5, 5.41) is 18.7. The van der Waals surface area contributed by atoms with Crippen molar-refractivity contribution in [1.29, 1.82) is 5.26 Å². The normalized spacial score (nSPS) is 27.1. The van der Waals surface area contributed by atoms with Crippen LogP contribution in [0.3, 0.4) is 0 Å². The van der Waals surface area contributed by atoms with Crippen molar-refractivity contribution in [3.05, 3.63) is 11.8 Å². The van der Waals surface area contributed by atoms with Crippen LogP contribution in [0.25, 0.3) is 0 Å². The predicted octanol–water partition coefficient (Wildman–Crippen LogP) is 1.24. The number of esters is 1. The zero-order chi connectivity index (χ0) is 30.3. The monoisotopic (exact) mass is 635 g/mol. The number of ether oxygens (including phenoxy) is 7. The van der Waals surface area contributed by atoms with Gasteiger partial charge in [-0.3, -0.25) is 0 Å². The Morgan fingerprint density at radius 3 is 1.56 bits per heavy atom. The molecule has 2 aliphatic carbocycles. The van der Waals surface area contributed by atoms with Crippen molar-refractivity contribution in [3.8, 4) is 6.07 Å². The first-order valence-electron chi connectivity index (χ1n) is 16.1. The van der Waals surface area contributed by atoms with Crippen molar-refractivity contribution in [2.45, 2.75) is 115 Å². The largest absolute Gasteiger partial charge is 1.00 e. The van der Waals surface area contributed by atoms with Crippen molar-refractivity contribution >= 4 is 5.97 Å². The van der Waals surface area contributed by atoms with Crippen LogP contribution in [0.15, 0.2) is 11.8 Å².